The summed E-state index contributed by atoms with van der Waals surface area (Å²) in [5.74, 6) is 0.727. The number of hydrogen-bond donors (Lipinski definition) is 1. The maximum Gasteiger partial charge on any atom is 0.237 e. The quantitative estimate of drug-likeness (QED) is 0.821. The molecule has 0 spiro atoms. The van der Waals surface area contributed by atoms with Gasteiger partial charge in [0.05, 0.1) is 12.6 Å². The van der Waals surface area contributed by atoms with Gasteiger partial charge in [-0.1, -0.05) is 35.9 Å². The van der Waals surface area contributed by atoms with Crippen LogP contribution < -0.4 is 5.32 Å². The van der Waals surface area contributed by atoms with E-state index in [1.165, 1.54) is 30.4 Å². The van der Waals surface area contributed by atoms with Crippen molar-refractivity contribution in [1.29, 1.82) is 0 Å². The van der Waals surface area contributed by atoms with Crippen molar-refractivity contribution in [2.24, 2.45) is 11.1 Å². The van der Waals surface area contributed by atoms with Crippen molar-refractivity contribution in [3.05, 3.63) is 40.3 Å². The summed E-state index contributed by atoms with van der Waals surface area (Å²) in [6, 6.07) is 8.47. The van der Waals surface area contributed by atoms with Gasteiger partial charge in [0, 0.05) is 13.1 Å². The van der Waals surface area contributed by atoms with Crippen LogP contribution in [0.15, 0.2) is 29.4 Å². The van der Waals surface area contributed by atoms with Gasteiger partial charge in [-0.2, -0.15) is 4.91 Å². The van der Waals surface area contributed by atoms with E-state index >= 15 is 0 Å². The lowest BCUT2D eigenvalue weighted by Crippen LogP contribution is -2.48. The molecule has 3 rings (SSSR count). The van der Waals surface area contributed by atoms with Crippen molar-refractivity contribution >= 4 is 5.91 Å². The van der Waals surface area contributed by atoms with Gasteiger partial charge in [0.1, 0.15) is 6.04 Å². The van der Waals surface area contributed by atoms with Crippen LogP contribution in [0.1, 0.15) is 43.4 Å². The highest BCUT2D eigenvalue weighted by Crippen LogP contribution is 2.44. The van der Waals surface area contributed by atoms with Crippen molar-refractivity contribution in [2.45, 2.75) is 44.7 Å². The Bertz CT molecular complexity index is 571. The Morgan fingerprint density at radius 1 is 1.39 bits per heavy atom. The molecule has 2 aliphatic rings. The molecule has 5 heteroatoms. The third-order valence-electron chi connectivity index (χ3n) is 5.14. The van der Waals surface area contributed by atoms with Gasteiger partial charge in [-0.15, -0.1) is 0 Å². The fourth-order valence-corrected chi connectivity index (χ4v) is 3.67. The highest BCUT2D eigenvalue weighted by Gasteiger charge is 2.38. The first-order valence-corrected chi connectivity index (χ1v) is 8.61. The van der Waals surface area contributed by atoms with Gasteiger partial charge in [-0.05, 0) is 43.2 Å². The molecule has 1 amide bonds. The number of nitrogens with zero attached hydrogens (tertiary/aromatic N) is 2. The van der Waals surface area contributed by atoms with Crippen molar-refractivity contribution < 1.29 is 4.79 Å². The molecule has 0 saturated heterocycles. The Labute approximate surface area is 137 Å². The third kappa shape index (κ3) is 3.44. The molecule has 1 aromatic carbocycles. The summed E-state index contributed by atoms with van der Waals surface area (Å²) in [5, 5.41) is 6.02. The summed E-state index contributed by atoms with van der Waals surface area (Å²) in [4.78, 5) is 25.2. The lowest BCUT2D eigenvalue weighted by atomic mass is 9.74. The van der Waals surface area contributed by atoms with E-state index in [2.05, 4.69) is 39.7 Å². The van der Waals surface area contributed by atoms with E-state index in [1.54, 1.807) is 6.92 Å². The second kappa shape index (κ2) is 7.21. The maximum absolute atomic E-state index is 12.7. The second-order valence-electron chi connectivity index (χ2n) is 6.76. The minimum Gasteiger partial charge on any atom is -0.334 e. The normalized spacial score (nSPS) is 22.1. The molecule has 1 N–H and O–H groups in total. The standard InChI is InChI=1S/C18H25N3O2/c1-13(20-23)11-19-12-17(22)21-10-9-14-5-2-3-8-16(14)18(21)15-6-4-7-15/h2-3,5,8,13,15,18-19H,4,6-7,9-12H2,1H3/t13-,18?/m1/s1. The summed E-state index contributed by atoms with van der Waals surface area (Å²) < 4.78 is 0. The van der Waals surface area contributed by atoms with Crippen molar-refractivity contribution in [3.63, 3.8) is 0 Å². The van der Waals surface area contributed by atoms with Crippen molar-refractivity contribution in [3.8, 4) is 0 Å². The summed E-state index contributed by atoms with van der Waals surface area (Å²) in [7, 11) is 0. The van der Waals surface area contributed by atoms with Crippen molar-refractivity contribution in [1.82, 2.24) is 10.2 Å². The molecule has 0 bridgehead atoms. The number of carbonyl (C=O) groups excluding carboxylic acids is 1. The molecule has 1 aliphatic carbocycles. The van der Waals surface area contributed by atoms with Gasteiger partial charge in [0.25, 0.3) is 0 Å². The molecule has 1 fully saturated rings. The Kier molecular flexibility index (Phi) is 5.06. The summed E-state index contributed by atoms with van der Waals surface area (Å²) >= 11 is 0. The smallest absolute Gasteiger partial charge is 0.237 e. The first-order chi connectivity index (χ1) is 11.2. The summed E-state index contributed by atoms with van der Waals surface area (Å²) in [6.07, 6.45) is 4.62. The van der Waals surface area contributed by atoms with E-state index in [9.17, 15) is 9.70 Å². The SMILES string of the molecule is C[C@H](CNCC(=O)N1CCc2ccccc2C1C1CCC1)N=O. The van der Waals surface area contributed by atoms with Gasteiger partial charge in [0.15, 0.2) is 0 Å². The van der Waals surface area contributed by atoms with Crippen molar-refractivity contribution in [2.75, 3.05) is 19.6 Å². The van der Waals surface area contributed by atoms with Crippen LogP contribution in [0.25, 0.3) is 0 Å². The van der Waals surface area contributed by atoms with E-state index in [0.29, 0.717) is 12.5 Å². The molecule has 23 heavy (non-hydrogen) atoms. The van der Waals surface area contributed by atoms with E-state index in [1.807, 2.05) is 0 Å². The summed E-state index contributed by atoms with van der Waals surface area (Å²) in [5.41, 5.74) is 2.72. The number of fused-ring (bicyclic) bond motifs is 1. The zero-order valence-corrected chi connectivity index (χ0v) is 13.7. The minimum absolute atomic E-state index is 0.134. The van der Waals surface area contributed by atoms with Crippen LogP contribution >= 0.6 is 0 Å². The molecule has 1 unspecified atom stereocenters. The number of amides is 1. The molecule has 1 aromatic rings. The molecule has 1 saturated carbocycles. The molecule has 2 atom stereocenters. The highest BCUT2D eigenvalue weighted by molar-refractivity contribution is 5.79. The Hall–Kier alpha value is -1.75. The van der Waals surface area contributed by atoms with Gasteiger partial charge < -0.3 is 10.2 Å². The largest absolute Gasteiger partial charge is 0.334 e. The Morgan fingerprint density at radius 2 is 2.17 bits per heavy atom. The van der Waals surface area contributed by atoms with Gasteiger partial charge >= 0.3 is 0 Å². The van der Waals surface area contributed by atoms with Crippen LogP contribution in [-0.4, -0.2) is 36.5 Å². The zero-order valence-electron chi connectivity index (χ0n) is 13.7. The second-order valence-corrected chi connectivity index (χ2v) is 6.76. The number of nitrogens with one attached hydrogen (secondary N) is 1. The van der Waals surface area contributed by atoms with Crippen LogP contribution in [0.2, 0.25) is 0 Å². The number of rotatable bonds is 6. The molecule has 1 aliphatic heterocycles. The number of benzene rings is 1. The van der Waals surface area contributed by atoms with E-state index in [-0.39, 0.29) is 24.5 Å². The molecule has 5 nitrogen and oxygen atoms in total. The predicted octanol–water partition coefficient (Wildman–Crippen LogP) is 2.66. The van der Waals surface area contributed by atoms with E-state index < -0.39 is 0 Å². The first kappa shape index (κ1) is 16.1. The topological polar surface area (TPSA) is 61.8 Å². The van der Waals surface area contributed by atoms with Gasteiger partial charge in [-0.25, -0.2) is 0 Å². The third-order valence-corrected chi connectivity index (χ3v) is 5.14. The molecular formula is C18H25N3O2. The fraction of sp³-hybridized carbons (Fsp3) is 0.611. The zero-order chi connectivity index (χ0) is 16.2. The molecule has 0 radical (unpaired) electrons. The lowest BCUT2D eigenvalue weighted by Gasteiger charge is -2.45. The number of hydrogen-bond acceptors (Lipinski definition) is 4. The number of nitroso groups, excluding NO2 is 1. The highest BCUT2D eigenvalue weighted by atomic mass is 16.3. The van der Waals surface area contributed by atoms with Crippen LogP contribution in [0.3, 0.4) is 0 Å². The molecule has 124 valence electrons. The van der Waals surface area contributed by atoms with Gasteiger partial charge in [-0.3, -0.25) is 4.79 Å². The van der Waals surface area contributed by atoms with Crippen LogP contribution in [0.5, 0.6) is 0 Å². The van der Waals surface area contributed by atoms with E-state index in [4.69, 9.17) is 0 Å². The van der Waals surface area contributed by atoms with Crippen LogP contribution in [0.4, 0.5) is 0 Å². The Balaban J connectivity index is 1.70. The molecule has 1 heterocycles. The van der Waals surface area contributed by atoms with Gasteiger partial charge in [0.2, 0.25) is 5.91 Å². The summed E-state index contributed by atoms with van der Waals surface area (Å²) in [6.45, 7) is 3.28. The van der Waals surface area contributed by atoms with E-state index in [0.717, 1.165) is 13.0 Å². The monoisotopic (exact) mass is 315 g/mol. The first-order valence-electron chi connectivity index (χ1n) is 8.61. The number of carbonyl (C=O) groups is 1. The molecular weight excluding hydrogens is 290 g/mol. The predicted molar refractivity (Wildman–Crippen MR) is 90.1 cm³/mol. The fourth-order valence-electron chi connectivity index (χ4n) is 3.67. The minimum atomic E-state index is -0.299. The van der Waals surface area contributed by atoms with Crippen LogP contribution in [0, 0.1) is 10.8 Å². The Morgan fingerprint density at radius 3 is 2.87 bits per heavy atom. The lowest BCUT2D eigenvalue weighted by molar-refractivity contribution is -0.135. The molecule has 0 aromatic heterocycles. The maximum atomic E-state index is 12.7. The van der Waals surface area contributed by atoms with Crippen LogP contribution in [-0.2, 0) is 11.2 Å². The average molecular weight is 315 g/mol. The average Bonchev–Trinajstić information content (AvgIpc) is 2.53.